The highest BCUT2D eigenvalue weighted by Gasteiger charge is 2.27. The van der Waals surface area contributed by atoms with Crippen LogP contribution in [0.4, 0.5) is 0 Å². The molecule has 1 amide bonds. The van der Waals surface area contributed by atoms with E-state index in [1.807, 2.05) is 26.0 Å². The fourth-order valence-corrected chi connectivity index (χ4v) is 4.94. The molecule has 8 heteroatoms. The minimum Gasteiger partial charge on any atom is -0.468 e. The maximum absolute atomic E-state index is 12.8. The summed E-state index contributed by atoms with van der Waals surface area (Å²) in [6, 6.07) is 8.71. The second-order valence-corrected chi connectivity index (χ2v) is 9.98. The number of hydrogen-bond donors (Lipinski definition) is 1. The van der Waals surface area contributed by atoms with Gasteiger partial charge >= 0.3 is 0 Å². The first-order valence-electron chi connectivity index (χ1n) is 10.4. The van der Waals surface area contributed by atoms with E-state index in [-0.39, 0.29) is 23.4 Å². The van der Waals surface area contributed by atoms with Crippen molar-refractivity contribution in [1.82, 2.24) is 14.5 Å². The van der Waals surface area contributed by atoms with Crippen LogP contribution in [0.25, 0.3) is 0 Å². The van der Waals surface area contributed by atoms with Crippen molar-refractivity contribution in [1.29, 1.82) is 0 Å². The van der Waals surface area contributed by atoms with Crippen molar-refractivity contribution in [2.24, 2.45) is 0 Å². The average molecular weight is 434 g/mol. The van der Waals surface area contributed by atoms with Crippen LogP contribution in [0, 0.1) is 13.8 Å². The van der Waals surface area contributed by atoms with Gasteiger partial charge in [-0.3, -0.25) is 9.69 Å². The Hall–Kier alpha value is -2.16. The summed E-state index contributed by atoms with van der Waals surface area (Å²) in [4.78, 5) is 15.1. The first-order chi connectivity index (χ1) is 14.3. The molecule has 0 saturated carbocycles. The molecule has 1 atom stereocenters. The second kappa shape index (κ2) is 9.76. The molecular formula is C22H31N3O4S. The molecule has 30 heavy (non-hydrogen) atoms. The fourth-order valence-electron chi connectivity index (χ4n) is 3.73. The predicted octanol–water partition coefficient (Wildman–Crippen LogP) is 2.86. The van der Waals surface area contributed by atoms with Crippen LogP contribution in [0.3, 0.4) is 0 Å². The Balaban J connectivity index is 1.62. The van der Waals surface area contributed by atoms with E-state index in [9.17, 15) is 13.2 Å². The van der Waals surface area contributed by atoms with Crippen LogP contribution in [0.1, 0.15) is 42.2 Å². The van der Waals surface area contributed by atoms with Crippen molar-refractivity contribution in [3.05, 3.63) is 53.5 Å². The molecule has 3 rings (SSSR count). The van der Waals surface area contributed by atoms with Gasteiger partial charge < -0.3 is 9.73 Å². The molecule has 1 aliphatic rings. The Morgan fingerprint density at radius 3 is 2.53 bits per heavy atom. The monoisotopic (exact) mass is 433 g/mol. The number of benzene rings is 1. The van der Waals surface area contributed by atoms with Crippen LogP contribution in [0.2, 0.25) is 0 Å². The summed E-state index contributed by atoms with van der Waals surface area (Å²) in [5.74, 6) is 0.479. The van der Waals surface area contributed by atoms with Crippen LogP contribution in [0.15, 0.2) is 45.9 Å². The third-order valence-electron chi connectivity index (χ3n) is 5.75. The lowest BCUT2D eigenvalue weighted by atomic mass is 10.1. The number of sulfonamides is 1. The van der Waals surface area contributed by atoms with Crippen molar-refractivity contribution in [3.8, 4) is 0 Å². The Morgan fingerprint density at radius 1 is 1.17 bits per heavy atom. The van der Waals surface area contributed by atoms with Crippen molar-refractivity contribution >= 4 is 15.9 Å². The van der Waals surface area contributed by atoms with Crippen LogP contribution in [-0.4, -0.2) is 56.8 Å². The van der Waals surface area contributed by atoms with Gasteiger partial charge in [0.15, 0.2) is 0 Å². The Kier molecular flexibility index (Phi) is 7.33. The van der Waals surface area contributed by atoms with Gasteiger partial charge in [-0.05, 0) is 75.2 Å². The van der Waals surface area contributed by atoms with E-state index in [0.29, 0.717) is 6.54 Å². The van der Waals surface area contributed by atoms with Crippen molar-refractivity contribution in [2.75, 3.05) is 33.2 Å². The number of aryl methyl sites for hydroxylation is 2. The lowest BCUT2D eigenvalue weighted by Crippen LogP contribution is -2.43. The van der Waals surface area contributed by atoms with Gasteiger partial charge in [-0.25, -0.2) is 8.42 Å². The molecule has 7 nitrogen and oxygen atoms in total. The SMILES string of the molecule is Cc1ccc(S(=O)(=O)N(C)CC(=O)NCC(c2ccco2)N2CCCCC2)cc1C. The van der Waals surface area contributed by atoms with Crippen LogP contribution in [0.5, 0.6) is 0 Å². The number of nitrogens with one attached hydrogen (secondary N) is 1. The molecule has 1 aliphatic heterocycles. The van der Waals surface area contributed by atoms with Gasteiger partial charge in [-0.1, -0.05) is 12.5 Å². The lowest BCUT2D eigenvalue weighted by Gasteiger charge is -2.33. The van der Waals surface area contributed by atoms with Gasteiger partial charge in [0.2, 0.25) is 15.9 Å². The molecule has 2 aromatic rings. The van der Waals surface area contributed by atoms with E-state index in [2.05, 4.69) is 10.2 Å². The van der Waals surface area contributed by atoms with E-state index in [4.69, 9.17) is 4.42 Å². The summed E-state index contributed by atoms with van der Waals surface area (Å²) in [5, 5.41) is 2.90. The molecule has 0 radical (unpaired) electrons. The molecular weight excluding hydrogens is 402 g/mol. The van der Waals surface area contributed by atoms with E-state index >= 15 is 0 Å². The van der Waals surface area contributed by atoms with Gasteiger partial charge in [0.25, 0.3) is 0 Å². The molecule has 1 fully saturated rings. The highest BCUT2D eigenvalue weighted by Crippen LogP contribution is 2.24. The highest BCUT2D eigenvalue weighted by atomic mass is 32.2. The van der Waals surface area contributed by atoms with E-state index in [1.165, 1.54) is 13.5 Å². The number of hydrogen-bond acceptors (Lipinski definition) is 5. The first kappa shape index (κ1) is 22.5. The smallest absolute Gasteiger partial charge is 0.243 e. The molecule has 1 aromatic heterocycles. The summed E-state index contributed by atoms with van der Waals surface area (Å²) in [6.45, 7) is 5.87. The summed E-state index contributed by atoms with van der Waals surface area (Å²) in [6.07, 6.45) is 5.11. The third kappa shape index (κ3) is 5.30. The first-order valence-corrected chi connectivity index (χ1v) is 11.8. The average Bonchev–Trinajstić information content (AvgIpc) is 3.25. The molecule has 1 unspecified atom stereocenters. The number of amides is 1. The minimum atomic E-state index is -3.73. The highest BCUT2D eigenvalue weighted by molar-refractivity contribution is 7.89. The molecule has 0 spiro atoms. The number of nitrogens with zero attached hydrogens (tertiary/aromatic N) is 2. The van der Waals surface area contributed by atoms with Crippen LogP contribution < -0.4 is 5.32 Å². The van der Waals surface area contributed by atoms with Gasteiger partial charge in [0.1, 0.15) is 5.76 Å². The normalized spacial score (nSPS) is 16.5. The summed E-state index contributed by atoms with van der Waals surface area (Å²) < 4.78 is 32.3. The number of furan rings is 1. The molecule has 1 N–H and O–H groups in total. The zero-order valence-corrected chi connectivity index (χ0v) is 18.7. The number of rotatable bonds is 8. The Labute approximate surface area is 179 Å². The zero-order valence-electron chi connectivity index (χ0n) is 17.9. The summed E-state index contributed by atoms with van der Waals surface area (Å²) in [5.41, 5.74) is 1.92. The topological polar surface area (TPSA) is 82.9 Å². The second-order valence-electron chi connectivity index (χ2n) is 7.94. The molecule has 164 valence electrons. The Morgan fingerprint density at radius 2 is 1.90 bits per heavy atom. The summed E-state index contributed by atoms with van der Waals surface area (Å²) in [7, 11) is -2.30. The minimum absolute atomic E-state index is 0.0501. The van der Waals surface area contributed by atoms with Gasteiger partial charge in [0, 0.05) is 13.6 Å². The van der Waals surface area contributed by atoms with E-state index < -0.39 is 10.0 Å². The maximum Gasteiger partial charge on any atom is 0.243 e. The standard InChI is InChI=1S/C22H31N3O4S/c1-17-9-10-19(14-18(17)2)30(27,28)24(3)16-22(26)23-15-20(21-8-7-13-29-21)25-11-5-4-6-12-25/h7-10,13-14,20H,4-6,11-12,15-16H2,1-3H3,(H,23,26). The number of likely N-dealkylation sites (N-methyl/N-ethyl adjacent to an activating group) is 1. The van der Waals surface area contributed by atoms with Crippen molar-refractivity contribution in [3.63, 3.8) is 0 Å². The molecule has 0 bridgehead atoms. The lowest BCUT2D eigenvalue weighted by molar-refractivity contribution is -0.121. The van der Waals surface area contributed by atoms with E-state index in [0.717, 1.165) is 47.1 Å². The summed E-state index contributed by atoms with van der Waals surface area (Å²) >= 11 is 0. The molecule has 1 aromatic carbocycles. The molecule has 1 saturated heterocycles. The molecule has 2 heterocycles. The number of carbonyl (C=O) groups excluding carboxylic acids is 1. The predicted molar refractivity (Wildman–Crippen MR) is 116 cm³/mol. The van der Waals surface area contributed by atoms with Crippen LogP contribution >= 0.6 is 0 Å². The van der Waals surface area contributed by atoms with Crippen molar-refractivity contribution < 1.29 is 17.6 Å². The number of likely N-dealkylation sites (tertiary alicyclic amines) is 1. The van der Waals surface area contributed by atoms with Crippen molar-refractivity contribution in [2.45, 2.75) is 44.0 Å². The van der Waals surface area contributed by atoms with Gasteiger partial charge in [-0.2, -0.15) is 4.31 Å². The van der Waals surface area contributed by atoms with Gasteiger partial charge in [-0.15, -0.1) is 0 Å². The van der Waals surface area contributed by atoms with E-state index in [1.54, 1.807) is 24.5 Å². The zero-order chi connectivity index (χ0) is 21.7. The number of carbonyl (C=O) groups is 1. The quantitative estimate of drug-likeness (QED) is 0.692. The fraction of sp³-hybridized carbons (Fsp3) is 0.500. The van der Waals surface area contributed by atoms with Gasteiger partial charge in [0.05, 0.1) is 23.7 Å². The maximum atomic E-state index is 12.8. The van der Waals surface area contributed by atoms with Crippen LogP contribution in [-0.2, 0) is 14.8 Å². The largest absolute Gasteiger partial charge is 0.468 e. The number of piperidine rings is 1. The third-order valence-corrected chi connectivity index (χ3v) is 7.55. The Bertz CT molecular complexity index is 951. The molecule has 0 aliphatic carbocycles.